The van der Waals surface area contributed by atoms with E-state index < -0.39 is 0 Å². The van der Waals surface area contributed by atoms with E-state index in [1.165, 1.54) is 5.56 Å². The van der Waals surface area contributed by atoms with Crippen LogP contribution in [0.25, 0.3) is 0 Å². The summed E-state index contributed by atoms with van der Waals surface area (Å²) in [5.74, 6) is 0.254. The summed E-state index contributed by atoms with van der Waals surface area (Å²) >= 11 is 0. The monoisotopic (exact) mass is 264 g/mol. The standard InChI is InChI=1S/C14H24N4O/c1-11(2)16-13-5-4-7-18(14(13)19)8-6-12-9-15-17(3)10-12/h9-11,13,16H,4-8H2,1-3H3. The molecule has 0 aromatic carbocycles. The third kappa shape index (κ3) is 3.80. The average Bonchev–Trinajstić information content (AvgIpc) is 2.76. The minimum absolute atomic E-state index is 0.00245. The van der Waals surface area contributed by atoms with Crippen molar-refractivity contribution in [3.8, 4) is 0 Å². The summed E-state index contributed by atoms with van der Waals surface area (Å²) in [6.07, 6.45) is 6.81. The van der Waals surface area contributed by atoms with E-state index in [1.807, 2.05) is 24.3 Å². The number of hydrogen-bond acceptors (Lipinski definition) is 3. The third-order valence-electron chi connectivity index (χ3n) is 3.49. The molecule has 0 aliphatic carbocycles. The van der Waals surface area contributed by atoms with Crippen molar-refractivity contribution in [2.75, 3.05) is 13.1 Å². The molecule has 19 heavy (non-hydrogen) atoms. The SMILES string of the molecule is CC(C)NC1CCCN(CCc2cnn(C)c2)C1=O. The van der Waals surface area contributed by atoms with Gasteiger partial charge in [-0.25, -0.2) is 0 Å². The molecule has 5 heteroatoms. The topological polar surface area (TPSA) is 50.2 Å². The Balaban J connectivity index is 1.87. The molecule has 2 heterocycles. The Hall–Kier alpha value is -1.36. The molecular formula is C14H24N4O. The van der Waals surface area contributed by atoms with Gasteiger partial charge in [-0.05, 0) is 24.8 Å². The van der Waals surface area contributed by atoms with E-state index >= 15 is 0 Å². The van der Waals surface area contributed by atoms with Gasteiger partial charge in [-0.2, -0.15) is 5.10 Å². The fraction of sp³-hybridized carbons (Fsp3) is 0.714. The lowest BCUT2D eigenvalue weighted by atomic mass is 10.0. The minimum atomic E-state index is 0.00245. The highest BCUT2D eigenvalue weighted by atomic mass is 16.2. The molecule has 5 nitrogen and oxygen atoms in total. The van der Waals surface area contributed by atoms with Crippen molar-refractivity contribution >= 4 is 5.91 Å². The largest absolute Gasteiger partial charge is 0.341 e. The number of amides is 1. The smallest absolute Gasteiger partial charge is 0.239 e. The molecular weight excluding hydrogens is 240 g/mol. The zero-order valence-electron chi connectivity index (χ0n) is 12.1. The number of nitrogens with one attached hydrogen (secondary N) is 1. The van der Waals surface area contributed by atoms with E-state index in [9.17, 15) is 4.79 Å². The van der Waals surface area contributed by atoms with Crippen LogP contribution >= 0.6 is 0 Å². The van der Waals surface area contributed by atoms with Crippen LogP contribution in [0.1, 0.15) is 32.3 Å². The number of carbonyl (C=O) groups is 1. The van der Waals surface area contributed by atoms with E-state index in [-0.39, 0.29) is 11.9 Å². The Bertz CT molecular complexity index is 427. The Morgan fingerprint density at radius 1 is 1.53 bits per heavy atom. The van der Waals surface area contributed by atoms with Gasteiger partial charge in [0.2, 0.25) is 5.91 Å². The van der Waals surface area contributed by atoms with Gasteiger partial charge in [0.05, 0.1) is 12.2 Å². The molecule has 1 aliphatic heterocycles. The molecule has 1 fully saturated rings. The molecule has 2 rings (SSSR count). The molecule has 1 N–H and O–H groups in total. The molecule has 0 bridgehead atoms. The van der Waals surface area contributed by atoms with Gasteiger partial charge < -0.3 is 10.2 Å². The van der Waals surface area contributed by atoms with E-state index in [0.29, 0.717) is 6.04 Å². The number of rotatable bonds is 5. The molecule has 0 spiro atoms. The van der Waals surface area contributed by atoms with E-state index in [1.54, 1.807) is 4.68 Å². The Morgan fingerprint density at radius 3 is 2.95 bits per heavy atom. The van der Waals surface area contributed by atoms with Gasteiger partial charge >= 0.3 is 0 Å². The maximum Gasteiger partial charge on any atom is 0.239 e. The average molecular weight is 264 g/mol. The van der Waals surface area contributed by atoms with Crippen molar-refractivity contribution in [2.45, 2.75) is 45.2 Å². The molecule has 0 radical (unpaired) electrons. The van der Waals surface area contributed by atoms with Crippen LogP contribution < -0.4 is 5.32 Å². The van der Waals surface area contributed by atoms with Gasteiger partial charge in [-0.1, -0.05) is 13.8 Å². The summed E-state index contributed by atoms with van der Waals surface area (Å²) in [4.78, 5) is 14.3. The Kier molecular flexibility index (Phi) is 4.58. The summed E-state index contributed by atoms with van der Waals surface area (Å²) in [6.45, 7) is 5.85. The molecule has 1 atom stereocenters. The summed E-state index contributed by atoms with van der Waals surface area (Å²) in [6, 6.07) is 0.356. The second-order valence-corrected chi connectivity index (χ2v) is 5.61. The van der Waals surface area contributed by atoms with Crippen LogP contribution in [0.2, 0.25) is 0 Å². The fourth-order valence-corrected chi connectivity index (χ4v) is 2.58. The zero-order chi connectivity index (χ0) is 13.8. The van der Waals surface area contributed by atoms with Gasteiger partial charge in [0.25, 0.3) is 0 Å². The number of aryl methyl sites for hydroxylation is 1. The number of nitrogens with zero attached hydrogens (tertiary/aromatic N) is 3. The zero-order valence-corrected chi connectivity index (χ0v) is 12.1. The highest BCUT2D eigenvalue weighted by molar-refractivity contribution is 5.82. The van der Waals surface area contributed by atoms with E-state index in [4.69, 9.17) is 0 Å². The van der Waals surface area contributed by atoms with Crippen molar-refractivity contribution in [2.24, 2.45) is 7.05 Å². The van der Waals surface area contributed by atoms with Crippen molar-refractivity contribution < 1.29 is 4.79 Å². The first-order valence-electron chi connectivity index (χ1n) is 7.08. The second kappa shape index (κ2) is 6.19. The molecule has 1 unspecified atom stereocenters. The van der Waals surface area contributed by atoms with E-state index in [2.05, 4.69) is 24.3 Å². The second-order valence-electron chi connectivity index (χ2n) is 5.61. The van der Waals surface area contributed by atoms with Gasteiger partial charge in [0.15, 0.2) is 0 Å². The number of likely N-dealkylation sites (tertiary alicyclic amines) is 1. The lowest BCUT2D eigenvalue weighted by Gasteiger charge is -2.33. The lowest BCUT2D eigenvalue weighted by molar-refractivity contribution is -0.136. The van der Waals surface area contributed by atoms with Crippen LogP contribution in [-0.4, -0.2) is 45.8 Å². The van der Waals surface area contributed by atoms with Crippen LogP contribution in [0.3, 0.4) is 0 Å². The predicted octanol–water partition coefficient (Wildman–Crippen LogP) is 0.952. The number of piperidine rings is 1. The maximum absolute atomic E-state index is 12.3. The van der Waals surface area contributed by atoms with Crippen molar-refractivity contribution in [1.82, 2.24) is 20.0 Å². The molecule has 1 aromatic heterocycles. The summed E-state index contributed by atoms with van der Waals surface area (Å²) in [5, 5.41) is 7.51. The molecule has 106 valence electrons. The predicted molar refractivity (Wildman–Crippen MR) is 74.8 cm³/mol. The first kappa shape index (κ1) is 14.1. The van der Waals surface area contributed by atoms with Crippen LogP contribution in [0.4, 0.5) is 0 Å². The van der Waals surface area contributed by atoms with Gasteiger partial charge in [0.1, 0.15) is 0 Å². The minimum Gasteiger partial charge on any atom is -0.341 e. The number of hydrogen-bond donors (Lipinski definition) is 1. The van der Waals surface area contributed by atoms with Gasteiger partial charge in [-0.3, -0.25) is 9.48 Å². The molecule has 1 aliphatic rings. The first-order chi connectivity index (χ1) is 9.06. The normalized spacial score (nSPS) is 20.3. The number of aromatic nitrogens is 2. The van der Waals surface area contributed by atoms with Crippen molar-refractivity contribution in [1.29, 1.82) is 0 Å². The molecule has 1 saturated heterocycles. The van der Waals surface area contributed by atoms with Crippen LogP contribution in [0, 0.1) is 0 Å². The molecule has 1 amide bonds. The van der Waals surface area contributed by atoms with Crippen LogP contribution in [0.15, 0.2) is 12.4 Å². The summed E-state index contributed by atoms with van der Waals surface area (Å²) < 4.78 is 1.80. The molecule has 1 aromatic rings. The highest BCUT2D eigenvalue weighted by Gasteiger charge is 2.28. The fourth-order valence-electron chi connectivity index (χ4n) is 2.58. The highest BCUT2D eigenvalue weighted by Crippen LogP contribution is 2.13. The van der Waals surface area contributed by atoms with Gasteiger partial charge in [-0.15, -0.1) is 0 Å². The summed E-state index contributed by atoms with van der Waals surface area (Å²) in [5.41, 5.74) is 1.19. The van der Waals surface area contributed by atoms with Crippen LogP contribution in [-0.2, 0) is 18.3 Å². The number of carbonyl (C=O) groups excluding carboxylic acids is 1. The quantitative estimate of drug-likeness (QED) is 0.861. The Morgan fingerprint density at radius 2 is 2.32 bits per heavy atom. The van der Waals surface area contributed by atoms with Crippen molar-refractivity contribution in [3.05, 3.63) is 18.0 Å². The summed E-state index contributed by atoms with van der Waals surface area (Å²) in [7, 11) is 1.91. The molecule has 0 saturated carbocycles. The van der Waals surface area contributed by atoms with E-state index in [0.717, 1.165) is 32.4 Å². The first-order valence-corrected chi connectivity index (χ1v) is 7.08. The van der Waals surface area contributed by atoms with Crippen molar-refractivity contribution in [3.63, 3.8) is 0 Å². The lowest BCUT2D eigenvalue weighted by Crippen LogP contribution is -2.52. The van der Waals surface area contributed by atoms with Crippen LogP contribution in [0.5, 0.6) is 0 Å². The Labute approximate surface area is 115 Å². The third-order valence-corrected chi connectivity index (χ3v) is 3.49. The maximum atomic E-state index is 12.3. The van der Waals surface area contributed by atoms with Gasteiger partial charge in [0, 0.05) is 32.4 Å².